The molecule has 0 aliphatic rings. The molecule has 0 fully saturated rings. The van der Waals surface area contributed by atoms with Crippen LogP contribution in [0.3, 0.4) is 0 Å². The Morgan fingerprint density at radius 2 is 1.39 bits per heavy atom. The highest BCUT2D eigenvalue weighted by Crippen LogP contribution is 2.12. The van der Waals surface area contributed by atoms with Gasteiger partial charge in [0, 0.05) is 6.61 Å². The molecule has 0 saturated heterocycles. The van der Waals surface area contributed by atoms with Gasteiger partial charge in [0.2, 0.25) is 0 Å². The predicted molar refractivity (Wildman–Crippen MR) is 101 cm³/mol. The van der Waals surface area contributed by atoms with E-state index in [1.807, 2.05) is 13.0 Å². The van der Waals surface area contributed by atoms with Gasteiger partial charge in [-0.25, -0.2) is 0 Å². The van der Waals surface area contributed by atoms with Gasteiger partial charge >= 0.3 is 0 Å². The van der Waals surface area contributed by atoms with Crippen molar-refractivity contribution in [1.29, 1.82) is 0 Å². The van der Waals surface area contributed by atoms with Crippen LogP contribution in [0.4, 0.5) is 0 Å². The van der Waals surface area contributed by atoms with E-state index in [4.69, 9.17) is 10.5 Å². The number of nitrogens with two attached hydrogens (primary N) is 1. The molecule has 0 aliphatic heterocycles. The van der Waals surface area contributed by atoms with Gasteiger partial charge < -0.3 is 15.6 Å². The second kappa shape index (κ2) is 18.0. The van der Waals surface area contributed by atoms with Gasteiger partial charge in [-0.3, -0.25) is 0 Å². The Morgan fingerprint density at radius 1 is 0.870 bits per heavy atom. The SMILES string of the molecule is CCCCCCCCCCCCCC=CC(O)C(N)COCC. The highest BCUT2D eigenvalue weighted by molar-refractivity contribution is 4.93. The summed E-state index contributed by atoms with van der Waals surface area (Å²) in [5.41, 5.74) is 5.82. The Kier molecular flexibility index (Phi) is 17.7. The van der Waals surface area contributed by atoms with Crippen LogP contribution in [0.1, 0.15) is 90.9 Å². The molecule has 3 N–H and O–H groups in total. The molecule has 0 aromatic heterocycles. The van der Waals surface area contributed by atoms with E-state index < -0.39 is 6.10 Å². The normalized spacial score (nSPS) is 14.4. The van der Waals surface area contributed by atoms with Crippen LogP contribution in [0.2, 0.25) is 0 Å². The summed E-state index contributed by atoms with van der Waals surface area (Å²) in [5, 5.41) is 9.83. The van der Waals surface area contributed by atoms with Crippen molar-refractivity contribution in [3.63, 3.8) is 0 Å². The number of hydrogen-bond acceptors (Lipinski definition) is 3. The number of aliphatic hydroxyl groups excluding tert-OH is 1. The fraction of sp³-hybridized carbons (Fsp3) is 0.900. The second-order valence-corrected chi connectivity index (χ2v) is 6.57. The lowest BCUT2D eigenvalue weighted by atomic mass is 10.0. The van der Waals surface area contributed by atoms with Crippen LogP contribution in [0.15, 0.2) is 12.2 Å². The second-order valence-electron chi connectivity index (χ2n) is 6.57. The molecule has 0 aromatic rings. The van der Waals surface area contributed by atoms with Crippen LogP contribution < -0.4 is 5.73 Å². The molecular weight excluding hydrogens is 286 g/mol. The first-order valence-corrected chi connectivity index (χ1v) is 9.90. The zero-order chi connectivity index (χ0) is 17.2. The van der Waals surface area contributed by atoms with Crippen LogP contribution >= 0.6 is 0 Å². The minimum absolute atomic E-state index is 0.316. The molecule has 0 spiro atoms. The zero-order valence-electron chi connectivity index (χ0n) is 15.6. The van der Waals surface area contributed by atoms with Crippen molar-refractivity contribution < 1.29 is 9.84 Å². The first-order chi connectivity index (χ1) is 11.2. The summed E-state index contributed by atoms with van der Waals surface area (Å²) in [5.74, 6) is 0. The third-order valence-electron chi connectivity index (χ3n) is 4.26. The van der Waals surface area contributed by atoms with Crippen LogP contribution in [0.25, 0.3) is 0 Å². The average molecular weight is 328 g/mol. The number of rotatable bonds is 17. The van der Waals surface area contributed by atoms with Crippen molar-refractivity contribution in [3.05, 3.63) is 12.2 Å². The molecule has 138 valence electrons. The van der Waals surface area contributed by atoms with Gasteiger partial charge in [0.1, 0.15) is 0 Å². The van der Waals surface area contributed by atoms with Gasteiger partial charge in [-0.1, -0.05) is 83.3 Å². The van der Waals surface area contributed by atoms with Gasteiger partial charge in [-0.05, 0) is 19.8 Å². The van der Waals surface area contributed by atoms with E-state index in [0.29, 0.717) is 13.2 Å². The fourth-order valence-electron chi connectivity index (χ4n) is 2.66. The van der Waals surface area contributed by atoms with Gasteiger partial charge in [0.15, 0.2) is 0 Å². The largest absolute Gasteiger partial charge is 0.387 e. The molecule has 0 heterocycles. The molecule has 3 heteroatoms. The number of allylic oxidation sites excluding steroid dienone is 1. The van der Waals surface area contributed by atoms with Crippen molar-refractivity contribution in [2.24, 2.45) is 5.73 Å². The maximum absolute atomic E-state index is 9.83. The molecule has 0 aliphatic carbocycles. The molecule has 2 unspecified atom stereocenters. The average Bonchev–Trinajstić information content (AvgIpc) is 2.56. The fourth-order valence-corrected chi connectivity index (χ4v) is 2.66. The summed E-state index contributed by atoms with van der Waals surface area (Å²) in [6.07, 6.45) is 19.4. The van der Waals surface area contributed by atoms with Crippen molar-refractivity contribution in [3.8, 4) is 0 Å². The topological polar surface area (TPSA) is 55.5 Å². The van der Waals surface area contributed by atoms with Crippen molar-refractivity contribution >= 4 is 0 Å². The lowest BCUT2D eigenvalue weighted by Crippen LogP contribution is -2.37. The summed E-state index contributed by atoms with van der Waals surface area (Å²) in [6.45, 7) is 5.26. The van der Waals surface area contributed by atoms with Crippen LogP contribution in [-0.4, -0.2) is 30.5 Å². The molecule has 0 rings (SSSR count). The van der Waals surface area contributed by atoms with E-state index in [0.717, 1.165) is 6.42 Å². The lowest BCUT2D eigenvalue weighted by molar-refractivity contribution is 0.0880. The molecular formula is C20H41NO2. The van der Waals surface area contributed by atoms with E-state index in [9.17, 15) is 5.11 Å². The Morgan fingerprint density at radius 3 is 1.91 bits per heavy atom. The summed E-state index contributed by atoms with van der Waals surface area (Å²) in [4.78, 5) is 0. The first-order valence-electron chi connectivity index (χ1n) is 9.90. The summed E-state index contributed by atoms with van der Waals surface area (Å²) >= 11 is 0. The zero-order valence-corrected chi connectivity index (χ0v) is 15.6. The van der Waals surface area contributed by atoms with Gasteiger partial charge in [0.25, 0.3) is 0 Å². The predicted octanol–water partition coefficient (Wildman–Crippen LogP) is 4.97. The van der Waals surface area contributed by atoms with Crippen LogP contribution in [0, 0.1) is 0 Å². The summed E-state index contributed by atoms with van der Waals surface area (Å²) in [7, 11) is 0. The van der Waals surface area contributed by atoms with Crippen LogP contribution in [0.5, 0.6) is 0 Å². The Balaban J connectivity index is 3.30. The van der Waals surface area contributed by atoms with E-state index in [1.165, 1.54) is 70.6 Å². The molecule has 0 radical (unpaired) electrons. The Hall–Kier alpha value is -0.380. The first kappa shape index (κ1) is 22.6. The van der Waals surface area contributed by atoms with Crippen molar-refractivity contribution in [1.82, 2.24) is 0 Å². The standard InChI is InChI=1S/C20H41NO2/c1-3-5-6-7-8-9-10-11-12-13-14-15-16-17-20(22)19(21)18-23-4-2/h16-17,19-20,22H,3-15,18,21H2,1-2H3. The van der Waals surface area contributed by atoms with E-state index in [1.54, 1.807) is 0 Å². The molecule has 2 atom stereocenters. The molecule has 0 amide bonds. The van der Waals surface area contributed by atoms with Crippen molar-refractivity contribution in [2.45, 2.75) is 103 Å². The number of ether oxygens (including phenoxy) is 1. The van der Waals surface area contributed by atoms with E-state index in [-0.39, 0.29) is 6.04 Å². The van der Waals surface area contributed by atoms with Crippen LogP contribution in [-0.2, 0) is 4.74 Å². The van der Waals surface area contributed by atoms with E-state index in [2.05, 4.69) is 13.0 Å². The third-order valence-corrected chi connectivity index (χ3v) is 4.26. The van der Waals surface area contributed by atoms with Crippen molar-refractivity contribution in [2.75, 3.05) is 13.2 Å². The molecule has 0 saturated carbocycles. The van der Waals surface area contributed by atoms with Gasteiger partial charge in [0.05, 0.1) is 18.8 Å². The number of unbranched alkanes of at least 4 members (excludes halogenated alkanes) is 11. The molecule has 0 aromatic carbocycles. The third kappa shape index (κ3) is 16.3. The highest BCUT2D eigenvalue weighted by Gasteiger charge is 2.10. The lowest BCUT2D eigenvalue weighted by Gasteiger charge is -2.15. The molecule has 3 nitrogen and oxygen atoms in total. The Bertz CT molecular complexity index is 256. The minimum atomic E-state index is -0.589. The number of aliphatic hydroxyl groups is 1. The quantitative estimate of drug-likeness (QED) is 0.293. The van der Waals surface area contributed by atoms with E-state index >= 15 is 0 Å². The summed E-state index contributed by atoms with van der Waals surface area (Å²) < 4.78 is 5.22. The van der Waals surface area contributed by atoms with Gasteiger partial charge in [-0.15, -0.1) is 0 Å². The Labute approximate surface area is 144 Å². The summed E-state index contributed by atoms with van der Waals surface area (Å²) in [6, 6.07) is -0.316. The molecule has 0 bridgehead atoms. The highest BCUT2D eigenvalue weighted by atomic mass is 16.5. The maximum atomic E-state index is 9.83. The maximum Gasteiger partial charge on any atom is 0.0894 e. The molecule has 23 heavy (non-hydrogen) atoms. The monoisotopic (exact) mass is 327 g/mol. The van der Waals surface area contributed by atoms with Gasteiger partial charge in [-0.2, -0.15) is 0 Å². The number of hydrogen-bond donors (Lipinski definition) is 2. The smallest absolute Gasteiger partial charge is 0.0894 e. The minimum Gasteiger partial charge on any atom is -0.387 e.